The summed E-state index contributed by atoms with van der Waals surface area (Å²) in [4.78, 5) is 35.6. The number of nitrogens with one attached hydrogen (secondary N) is 2. The monoisotopic (exact) mass is 452 g/mol. The molecule has 0 spiro atoms. The molecule has 0 bridgehead atoms. The van der Waals surface area contributed by atoms with E-state index in [4.69, 9.17) is 9.84 Å². The third kappa shape index (κ3) is 6.12. The Morgan fingerprint density at radius 3 is 2.15 bits per heavy atom. The molecule has 1 aliphatic rings. The third-order valence-corrected chi connectivity index (χ3v) is 6.10. The van der Waals surface area contributed by atoms with Crippen molar-refractivity contribution in [3.05, 3.63) is 59.7 Å². The van der Waals surface area contributed by atoms with Crippen molar-refractivity contribution >= 4 is 18.0 Å². The predicted molar refractivity (Wildman–Crippen MR) is 126 cm³/mol. The Balaban J connectivity index is 1.48. The van der Waals surface area contributed by atoms with Gasteiger partial charge < -0.3 is 20.5 Å². The number of fused-ring (bicyclic) bond motifs is 3. The third-order valence-electron chi connectivity index (χ3n) is 6.10. The van der Waals surface area contributed by atoms with Gasteiger partial charge in [-0.1, -0.05) is 55.5 Å². The van der Waals surface area contributed by atoms with Crippen LogP contribution in [0.1, 0.15) is 50.7 Å². The minimum atomic E-state index is -0.846. The summed E-state index contributed by atoms with van der Waals surface area (Å²) in [5.41, 5.74) is 3.78. The molecule has 7 nitrogen and oxygen atoms in total. The van der Waals surface area contributed by atoms with Crippen molar-refractivity contribution in [3.8, 4) is 11.1 Å². The molecule has 176 valence electrons. The lowest BCUT2D eigenvalue weighted by Gasteiger charge is -2.25. The van der Waals surface area contributed by atoms with Crippen LogP contribution in [0.3, 0.4) is 0 Å². The Kier molecular flexibility index (Phi) is 7.74. The number of carboxylic acid groups (broad SMARTS) is 1. The van der Waals surface area contributed by atoms with Crippen LogP contribution in [-0.2, 0) is 14.3 Å². The summed E-state index contributed by atoms with van der Waals surface area (Å²) >= 11 is 0. The van der Waals surface area contributed by atoms with Crippen LogP contribution in [0.5, 0.6) is 0 Å². The van der Waals surface area contributed by atoms with Gasteiger partial charge in [0.2, 0.25) is 5.91 Å². The van der Waals surface area contributed by atoms with Crippen LogP contribution in [0.15, 0.2) is 48.5 Å². The minimum Gasteiger partial charge on any atom is -0.481 e. The molecule has 2 amide bonds. The van der Waals surface area contributed by atoms with E-state index in [2.05, 4.69) is 34.9 Å². The van der Waals surface area contributed by atoms with Crippen molar-refractivity contribution < 1.29 is 24.2 Å². The maximum Gasteiger partial charge on any atom is 0.407 e. The summed E-state index contributed by atoms with van der Waals surface area (Å²) in [6.45, 7) is 6.11. The van der Waals surface area contributed by atoms with E-state index >= 15 is 0 Å². The van der Waals surface area contributed by atoms with E-state index in [1.54, 1.807) is 13.8 Å². The van der Waals surface area contributed by atoms with Gasteiger partial charge in [-0.15, -0.1) is 0 Å². The summed E-state index contributed by atoms with van der Waals surface area (Å²) in [5.74, 6) is -1.02. The number of carboxylic acids is 1. The van der Waals surface area contributed by atoms with Gasteiger partial charge in [0.1, 0.15) is 6.61 Å². The average Bonchev–Trinajstić information content (AvgIpc) is 3.12. The van der Waals surface area contributed by atoms with Crippen molar-refractivity contribution in [2.24, 2.45) is 11.3 Å². The Bertz CT molecular complexity index is 972. The molecule has 0 radical (unpaired) electrons. The number of rotatable bonds is 10. The van der Waals surface area contributed by atoms with E-state index in [1.807, 2.05) is 31.2 Å². The number of hydrogen-bond acceptors (Lipinski definition) is 4. The van der Waals surface area contributed by atoms with Gasteiger partial charge >= 0.3 is 12.1 Å². The number of carbonyl (C=O) groups is 3. The lowest BCUT2D eigenvalue weighted by atomic mass is 9.92. The first-order chi connectivity index (χ1) is 15.7. The maximum absolute atomic E-state index is 12.5. The summed E-state index contributed by atoms with van der Waals surface area (Å²) in [7, 11) is 0. The van der Waals surface area contributed by atoms with Crippen molar-refractivity contribution in [1.82, 2.24) is 10.6 Å². The standard InChI is InChI=1S/C26H32N2O5/c1-17(12-13-23(29)30)14-27-24(31)26(2,3)16-28-25(32)33-15-22-20-10-6-4-8-18(20)19-9-5-7-11-21(19)22/h4-11,17,22H,12-16H2,1-3H3,(H,27,31)(H,28,32)(H,29,30). The summed E-state index contributed by atoms with van der Waals surface area (Å²) in [6, 6.07) is 16.3. The second-order valence-electron chi connectivity index (χ2n) is 9.31. The number of benzene rings is 2. The molecule has 1 unspecified atom stereocenters. The van der Waals surface area contributed by atoms with Gasteiger partial charge in [-0.25, -0.2) is 4.79 Å². The smallest absolute Gasteiger partial charge is 0.407 e. The van der Waals surface area contributed by atoms with Gasteiger partial charge in [0.25, 0.3) is 0 Å². The molecule has 0 saturated carbocycles. The lowest BCUT2D eigenvalue weighted by molar-refractivity contribution is -0.137. The van der Waals surface area contributed by atoms with Gasteiger partial charge in [0, 0.05) is 25.4 Å². The summed E-state index contributed by atoms with van der Waals surface area (Å²) in [5, 5.41) is 14.3. The Morgan fingerprint density at radius 2 is 1.58 bits per heavy atom. The zero-order valence-corrected chi connectivity index (χ0v) is 19.4. The van der Waals surface area contributed by atoms with Crippen LogP contribution >= 0.6 is 0 Å². The number of amides is 2. The van der Waals surface area contributed by atoms with E-state index < -0.39 is 17.5 Å². The fraction of sp³-hybridized carbons (Fsp3) is 0.423. The molecule has 0 heterocycles. The number of alkyl carbamates (subject to hydrolysis) is 1. The van der Waals surface area contributed by atoms with E-state index in [0.717, 1.165) is 22.3 Å². The lowest BCUT2D eigenvalue weighted by Crippen LogP contribution is -2.46. The van der Waals surface area contributed by atoms with Crippen molar-refractivity contribution in [3.63, 3.8) is 0 Å². The van der Waals surface area contributed by atoms with E-state index in [0.29, 0.717) is 13.0 Å². The Morgan fingerprint density at radius 1 is 1.00 bits per heavy atom. The normalized spacial score (nSPS) is 13.5. The van der Waals surface area contributed by atoms with Crippen LogP contribution < -0.4 is 10.6 Å². The topological polar surface area (TPSA) is 105 Å². The highest BCUT2D eigenvalue weighted by atomic mass is 16.5. The largest absolute Gasteiger partial charge is 0.481 e. The first-order valence-electron chi connectivity index (χ1n) is 11.3. The van der Waals surface area contributed by atoms with Crippen molar-refractivity contribution in [2.45, 2.75) is 39.5 Å². The van der Waals surface area contributed by atoms with Gasteiger partial charge in [0.05, 0.1) is 5.41 Å². The summed E-state index contributed by atoms with van der Waals surface area (Å²) < 4.78 is 5.53. The van der Waals surface area contributed by atoms with Gasteiger partial charge in [0.15, 0.2) is 0 Å². The van der Waals surface area contributed by atoms with Crippen LogP contribution in [0.25, 0.3) is 11.1 Å². The van der Waals surface area contributed by atoms with Gasteiger partial charge in [-0.05, 0) is 48.4 Å². The Hall–Kier alpha value is -3.35. The molecular formula is C26H32N2O5. The number of aliphatic carboxylic acids is 1. The van der Waals surface area contributed by atoms with Gasteiger partial charge in [-0.2, -0.15) is 0 Å². The Labute approximate surface area is 194 Å². The zero-order chi connectivity index (χ0) is 24.0. The van der Waals surface area contributed by atoms with E-state index in [9.17, 15) is 14.4 Å². The number of carbonyl (C=O) groups excluding carboxylic acids is 2. The molecule has 3 N–H and O–H groups in total. The summed E-state index contributed by atoms with van der Waals surface area (Å²) in [6.07, 6.45) is 0.00483. The first kappa shape index (κ1) is 24.3. The molecule has 3 rings (SSSR count). The van der Waals surface area contributed by atoms with Crippen LogP contribution in [0, 0.1) is 11.3 Å². The molecule has 33 heavy (non-hydrogen) atoms. The molecule has 1 aliphatic carbocycles. The van der Waals surface area contributed by atoms with Crippen LogP contribution in [0.4, 0.5) is 4.79 Å². The highest BCUT2D eigenvalue weighted by Crippen LogP contribution is 2.44. The molecule has 1 atom stereocenters. The molecule has 0 aliphatic heterocycles. The highest BCUT2D eigenvalue weighted by Gasteiger charge is 2.31. The molecule has 2 aromatic carbocycles. The second-order valence-corrected chi connectivity index (χ2v) is 9.31. The molecular weight excluding hydrogens is 420 g/mol. The van der Waals surface area contributed by atoms with Crippen molar-refractivity contribution in [1.29, 1.82) is 0 Å². The number of hydrogen-bond donors (Lipinski definition) is 3. The van der Waals surface area contributed by atoms with Crippen molar-refractivity contribution in [2.75, 3.05) is 19.7 Å². The van der Waals surface area contributed by atoms with E-state index in [-0.39, 0.29) is 37.3 Å². The molecule has 0 aromatic heterocycles. The fourth-order valence-corrected chi connectivity index (χ4v) is 4.00. The minimum absolute atomic E-state index is 0.0215. The number of ether oxygens (including phenoxy) is 1. The predicted octanol–water partition coefficient (Wildman–Crippen LogP) is 4.17. The molecule has 7 heteroatoms. The maximum atomic E-state index is 12.5. The zero-order valence-electron chi connectivity index (χ0n) is 19.4. The quantitative estimate of drug-likeness (QED) is 0.502. The van der Waals surface area contributed by atoms with Crippen LogP contribution in [-0.4, -0.2) is 42.8 Å². The second kappa shape index (κ2) is 10.5. The van der Waals surface area contributed by atoms with Crippen LogP contribution in [0.2, 0.25) is 0 Å². The average molecular weight is 453 g/mol. The van der Waals surface area contributed by atoms with E-state index in [1.165, 1.54) is 0 Å². The molecule has 0 fully saturated rings. The molecule has 2 aromatic rings. The fourth-order valence-electron chi connectivity index (χ4n) is 4.00. The van der Waals surface area contributed by atoms with Gasteiger partial charge in [-0.3, -0.25) is 9.59 Å². The SMILES string of the molecule is CC(CCC(=O)O)CNC(=O)C(C)(C)CNC(=O)OCC1c2ccccc2-c2ccccc21. The molecule has 0 saturated heterocycles. The highest BCUT2D eigenvalue weighted by molar-refractivity contribution is 5.83. The first-order valence-corrected chi connectivity index (χ1v) is 11.3.